The molecule has 1 aromatic rings. The molecule has 1 aliphatic heterocycles. The molecule has 20 heavy (non-hydrogen) atoms. The fraction of sp³-hybridized carbons (Fsp3) is 0.357. The van der Waals surface area contributed by atoms with Gasteiger partial charge < -0.3 is 15.3 Å². The minimum absolute atomic E-state index is 0.113. The number of nitrogens with one attached hydrogen (secondary N) is 1. The summed E-state index contributed by atoms with van der Waals surface area (Å²) in [6.45, 7) is 0.0475. The van der Waals surface area contributed by atoms with Gasteiger partial charge in [0.2, 0.25) is 11.8 Å². The molecule has 2 N–H and O–H groups in total. The van der Waals surface area contributed by atoms with Gasteiger partial charge in [-0.1, -0.05) is 18.2 Å². The van der Waals surface area contributed by atoms with Crippen LogP contribution in [0.2, 0.25) is 0 Å². The summed E-state index contributed by atoms with van der Waals surface area (Å²) in [7, 11) is 0. The number of carbonyl (C=O) groups is 3. The normalized spacial score (nSPS) is 18.2. The van der Waals surface area contributed by atoms with Crippen molar-refractivity contribution < 1.29 is 19.5 Å². The number of carboxylic acid groups (broad SMARTS) is 1. The molecule has 6 nitrogen and oxygen atoms in total. The molecule has 1 aromatic carbocycles. The Morgan fingerprint density at radius 3 is 2.60 bits per heavy atom. The molecule has 1 saturated heterocycles. The summed E-state index contributed by atoms with van der Waals surface area (Å²) in [6.07, 6.45) is 0.648. The van der Waals surface area contributed by atoms with Crippen molar-refractivity contribution in [2.45, 2.75) is 12.8 Å². The average Bonchev–Trinajstić information content (AvgIpc) is 2.45. The summed E-state index contributed by atoms with van der Waals surface area (Å²) in [5.74, 6) is -2.02. The van der Waals surface area contributed by atoms with Crippen LogP contribution in [0.3, 0.4) is 0 Å². The van der Waals surface area contributed by atoms with E-state index in [-0.39, 0.29) is 18.2 Å². The quantitative estimate of drug-likeness (QED) is 0.844. The van der Waals surface area contributed by atoms with Crippen LogP contribution in [0.4, 0.5) is 5.69 Å². The van der Waals surface area contributed by atoms with E-state index in [4.69, 9.17) is 5.11 Å². The van der Waals surface area contributed by atoms with Crippen LogP contribution < -0.4 is 10.2 Å². The van der Waals surface area contributed by atoms with Gasteiger partial charge in [-0.15, -0.1) is 0 Å². The molecule has 0 aromatic heterocycles. The molecule has 1 unspecified atom stereocenters. The van der Waals surface area contributed by atoms with E-state index in [1.807, 2.05) is 0 Å². The minimum atomic E-state index is -1.08. The molecule has 6 heteroatoms. The van der Waals surface area contributed by atoms with Crippen molar-refractivity contribution >= 4 is 23.5 Å². The Hall–Kier alpha value is -2.37. The van der Waals surface area contributed by atoms with E-state index in [1.54, 1.807) is 30.3 Å². The number of benzene rings is 1. The summed E-state index contributed by atoms with van der Waals surface area (Å²) in [4.78, 5) is 36.0. The molecule has 0 aliphatic carbocycles. The fourth-order valence-electron chi connectivity index (χ4n) is 2.25. The lowest BCUT2D eigenvalue weighted by molar-refractivity contribution is -0.137. The maximum atomic E-state index is 12.5. The van der Waals surface area contributed by atoms with Gasteiger partial charge in [-0.05, 0) is 18.6 Å². The van der Waals surface area contributed by atoms with Gasteiger partial charge in [0.25, 0.3) is 0 Å². The number of carboxylic acids is 1. The average molecular weight is 276 g/mol. The summed E-state index contributed by atoms with van der Waals surface area (Å²) in [5.41, 5.74) is 0.533. The zero-order valence-corrected chi connectivity index (χ0v) is 10.9. The van der Waals surface area contributed by atoms with Crippen LogP contribution in [-0.4, -0.2) is 36.0 Å². The number of hydrogen-bond donors (Lipinski definition) is 2. The molecular weight excluding hydrogens is 260 g/mol. The number of aliphatic carboxylic acids is 1. The molecule has 106 valence electrons. The highest BCUT2D eigenvalue weighted by molar-refractivity contribution is 6.00. The number of piperidine rings is 1. The lowest BCUT2D eigenvalue weighted by atomic mass is 9.95. The van der Waals surface area contributed by atoms with E-state index >= 15 is 0 Å². The van der Waals surface area contributed by atoms with Crippen molar-refractivity contribution in [2.75, 3.05) is 18.0 Å². The Balaban J connectivity index is 2.20. The van der Waals surface area contributed by atoms with E-state index in [9.17, 15) is 14.4 Å². The number of nitrogens with zero attached hydrogens (tertiary/aromatic N) is 1. The molecule has 0 radical (unpaired) electrons. The van der Waals surface area contributed by atoms with Crippen LogP contribution in [0.25, 0.3) is 0 Å². The van der Waals surface area contributed by atoms with Crippen molar-refractivity contribution in [1.82, 2.24) is 5.32 Å². The van der Waals surface area contributed by atoms with Gasteiger partial charge in [-0.25, -0.2) is 0 Å². The van der Waals surface area contributed by atoms with Crippen molar-refractivity contribution in [1.29, 1.82) is 0 Å². The number of rotatable bonds is 4. The number of hydrogen-bond acceptors (Lipinski definition) is 3. The number of carbonyl (C=O) groups excluding carboxylic acids is 2. The zero-order chi connectivity index (χ0) is 14.5. The topological polar surface area (TPSA) is 86.7 Å². The minimum Gasteiger partial charge on any atom is -0.480 e. The lowest BCUT2D eigenvalue weighted by Crippen LogP contribution is -2.45. The predicted octanol–water partition coefficient (Wildman–Crippen LogP) is 0.630. The highest BCUT2D eigenvalue weighted by Gasteiger charge is 2.30. The summed E-state index contributed by atoms with van der Waals surface area (Å²) < 4.78 is 0. The van der Waals surface area contributed by atoms with Crippen LogP contribution in [-0.2, 0) is 14.4 Å². The van der Waals surface area contributed by atoms with E-state index in [1.165, 1.54) is 4.90 Å². The first-order valence-corrected chi connectivity index (χ1v) is 6.43. The van der Waals surface area contributed by atoms with Crippen LogP contribution in [0.1, 0.15) is 12.8 Å². The van der Waals surface area contributed by atoms with Crippen LogP contribution >= 0.6 is 0 Å². The van der Waals surface area contributed by atoms with Gasteiger partial charge in [-0.3, -0.25) is 14.4 Å². The van der Waals surface area contributed by atoms with E-state index < -0.39 is 18.4 Å². The Morgan fingerprint density at radius 2 is 2.00 bits per heavy atom. The third-order valence-corrected chi connectivity index (χ3v) is 3.22. The first-order chi connectivity index (χ1) is 9.58. The number of anilines is 1. The van der Waals surface area contributed by atoms with E-state index in [2.05, 4.69) is 5.32 Å². The number of para-hydroxylation sites is 1. The zero-order valence-electron chi connectivity index (χ0n) is 10.9. The maximum Gasteiger partial charge on any atom is 0.323 e. The van der Waals surface area contributed by atoms with Crippen molar-refractivity contribution in [3.05, 3.63) is 30.3 Å². The molecule has 1 aliphatic rings. The standard InChI is InChI=1S/C14H16N2O4/c17-12-8-10(6-7-15-12)14(20)16(9-13(18)19)11-4-2-1-3-5-11/h1-5,10H,6-9H2,(H,15,17)(H,18,19). The largest absolute Gasteiger partial charge is 0.480 e. The summed E-state index contributed by atoms with van der Waals surface area (Å²) in [5, 5.41) is 11.6. The summed E-state index contributed by atoms with van der Waals surface area (Å²) >= 11 is 0. The Kier molecular flexibility index (Phi) is 4.34. The molecule has 1 atom stereocenters. The van der Waals surface area contributed by atoms with E-state index in [0.29, 0.717) is 18.7 Å². The SMILES string of the molecule is O=C(O)CN(C(=O)C1CCNC(=O)C1)c1ccccc1. The molecule has 2 amide bonds. The van der Waals surface area contributed by atoms with Crippen molar-refractivity contribution in [2.24, 2.45) is 5.92 Å². The van der Waals surface area contributed by atoms with Gasteiger partial charge in [0.05, 0.1) is 0 Å². The molecule has 2 rings (SSSR count). The smallest absolute Gasteiger partial charge is 0.323 e. The lowest BCUT2D eigenvalue weighted by Gasteiger charge is -2.28. The molecule has 0 spiro atoms. The third-order valence-electron chi connectivity index (χ3n) is 3.22. The first kappa shape index (κ1) is 14.0. The maximum absolute atomic E-state index is 12.5. The molecular formula is C14H16N2O4. The first-order valence-electron chi connectivity index (χ1n) is 6.43. The molecule has 0 bridgehead atoms. The van der Waals surface area contributed by atoms with Gasteiger partial charge >= 0.3 is 5.97 Å². The highest BCUT2D eigenvalue weighted by Crippen LogP contribution is 2.21. The van der Waals surface area contributed by atoms with Crippen LogP contribution in [0, 0.1) is 5.92 Å². The monoisotopic (exact) mass is 276 g/mol. The fourth-order valence-corrected chi connectivity index (χ4v) is 2.25. The van der Waals surface area contributed by atoms with Gasteiger partial charge in [-0.2, -0.15) is 0 Å². The van der Waals surface area contributed by atoms with Crippen LogP contribution in [0.5, 0.6) is 0 Å². The molecule has 1 fully saturated rings. The van der Waals surface area contributed by atoms with Crippen LogP contribution in [0.15, 0.2) is 30.3 Å². The second-order valence-electron chi connectivity index (χ2n) is 4.69. The highest BCUT2D eigenvalue weighted by atomic mass is 16.4. The molecule has 0 saturated carbocycles. The summed E-state index contributed by atoms with van der Waals surface area (Å²) in [6, 6.07) is 8.64. The van der Waals surface area contributed by atoms with Gasteiger partial charge in [0, 0.05) is 24.6 Å². The van der Waals surface area contributed by atoms with Crippen molar-refractivity contribution in [3.63, 3.8) is 0 Å². The van der Waals surface area contributed by atoms with Gasteiger partial charge in [0.15, 0.2) is 0 Å². The molecule has 1 heterocycles. The Bertz CT molecular complexity index is 515. The third kappa shape index (κ3) is 3.34. The Labute approximate surface area is 116 Å². The van der Waals surface area contributed by atoms with Gasteiger partial charge in [0.1, 0.15) is 6.54 Å². The number of amides is 2. The predicted molar refractivity (Wildman–Crippen MR) is 72.2 cm³/mol. The second-order valence-corrected chi connectivity index (χ2v) is 4.69. The van der Waals surface area contributed by atoms with E-state index in [0.717, 1.165) is 0 Å². The Morgan fingerprint density at radius 1 is 1.30 bits per heavy atom. The van der Waals surface area contributed by atoms with Crippen molar-refractivity contribution in [3.8, 4) is 0 Å². The second kappa shape index (κ2) is 6.18.